The fraction of sp³-hybridized carbons (Fsp3) is 0.571. The van der Waals surface area contributed by atoms with Gasteiger partial charge in [-0.1, -0.05) is 0 Å². The summed E-state index contributed by atoms with van der Waals surface area (Å²) in [6.07, 6.45) is -10.2. The fourth-order valence-electron chi connectivity index (χ4n) is 0. The van der Waals surface area contributed by atoms with Crippen LogP contribution in [0.5, 0.6) is 0 Å². The monoisotopic (exact) mass is 286 g/mol. The molecular formula is C7H8F6O5. The molecule has 0 aliphatic rings. The van der Waals surface area contributed by atoms with E-state index in [4.69, 9.17) is 19.8 Å². The molecule has 0 aromatic carbocycles. The Kier molecular flexibility index (Phi) is 9.91. The Balaban J connectivity index is -0.000000196. The van der Waals surface area contributed by atoms with Gasteiger partial charge in [0.15, 0.2) is 0 Å². The first kappa shape index (κ1) is 21.5. The minimum Gasteiger partial charge on any atom is -0.475 e. The third-order valence-corrected chi connectivity index (χ3v) is 0.485. The third-order valence-electron chi connectivity index (χ3n) is 0.485. The van der Waals surface area contributed by atoms with Crippen molar-refractivity contribution in [2.45, 2.75) is 26.2 Å². The number of rotatable bonds is 0. The smallest absolute Gasteiger partial charge is 0.475 e. The molecule has 18 heavy (non-hydrogen) atoms. The van der Waals surface area contributed by atoms with Gasteiger partial charge in [0.25, 0.3) is 0 Å². The van der Waals surface area contributed by atoms with Crippen molar-refractivity contribution in [1.82, 2.24) is 0 Å². The third kappa shape index (κ3) is 23.8. The van der Waals surface area contributed by atoms with E-state index in [2.05, 4.69) is 0 Å². The fourth-order valence-corrected chi connectivity index (χ4v) is 0. The molecule has 0 saturated carbocycles. The van der Waals surface area contributed by atoms with Gasteiger partial charge in [0.1, 0.15) is 5.78 Å². The van der Waals surface area contributed by atoms with Crippen LogP contribution in [0, 0.1) is 0 Å². The van der Waals surface area contributed by atoms with Crippen molar-refractivity contribution in [3.8, 4) is 0 Å². The van der Waals surface area contributed by atoms with E-state index in [0.29, 0.717) is 0 Å². The topological polar surface area (TPSA) is 91.7 Å². The largest absolute Gasteiger partial charge is 0.490 e. The molecule has 0 rings (SSSR count). The first-order valence-electron chi connectivity index (χ1n) is 3.69. The molecule has 0 aromatic rings. The van der Waals surface area contributed by atoms with E-state index in [9.17, 15) is 31.1 Å². The maximum absolute atomic E-state index is 10.6. The lowest BCUT2D eigenvalue weighted by molar-refractivity contribution is -0.193. The van der Waals surface area contributed by atoms with Gasteiger partial charge >= 0.3 is 24.3 Å². The van der Waals surface area contributed by atoms with Gasteiger partial charge in [-0.2, -0.15) is 26.3 Å². The molecule has 0 fully saturated rings. The quantitative estimate of drug-likeness (QED) is 0.663. The normalized spacial score (nSPS) is 10.2. The van der Waals surface area contributed by atoms with Crippen LogP contribution in [0.2, 0.25) is 0 Å². The standard InChI is InChI=1S/C3H6O.2C2HF3O2/c1-3(2)4;2*3-2(4,5)1(6)7/h1-2H3;2*(H,6,7). The summed E-state index contributed by atoms with van der Waals surface area (Å²) in [5.74, 6) is -5.35. The average molecular weight is 286 g/mol. The van der Waals surface area contributed by atoms with E-state index in [-0.39, 0.29) is 5.78 Å². The molecule has 0 radical (unpaired) electrons. The van der Waals surface area contributed by atoms with Crippen molar-refractivity contribution in [2.24, 2.45) is 0 Å². The molecule has 0 aliphatic heterocycles. The molecular weight excluding hydrogens is 278 g/mol. The molecule has 2 N–H and O–H groups in total. The van der Waals surface area contributed by atoms with E-state index in [1.807, 2.05) is 0 Å². The van der Waals surface area contributed by atoms with Gasteiger partial charge < -0.3 is 15.0 Å². The van der Waals surface area contributed by atoms with Crippen LogP contribution < -0.4 is 0 Å². The van der Waals surface area contributed by atoms with Gasteiger partial charge in [-0.25, -0.2) is 9.59 Å². The highest BCUT2D eigenvalue weighted by Gasteiger charge is 2.38. The number of hydrogen-bond donors (Lipinski definition) is 2. The summed E-state index contributed by atoms with van der Waals surface area (Å²) in [4.78, 5) is 27.2. The van der Waals surface area contributed by atoms with Crippen LogP contribution in [0.3, 0.4) is 0 Å². The maximum atomic E-state index is 10.6. The Bertz CT molecular complexity index is 264. The molecule has 5 nitrogen and oxygen atoms in total. The second kappa shape index (κ2) is 8.31. The lowest BCUT2D eigenvalue weighted by Crippen LogP contribution is -2.21. The summed E-state index contributed by atoms with van der Waals surface area (Å²) >= 11 is 0. The van der Waals surface area contributed by atoms with Gasteiger partial charge in [0, 0.05) is 0 Å². The Morgan fingerprint density at radius 2 is 0.778 bits per heavy atom. The average Bonchev–Trinajstić information content (AvgIpc) is 1.99. The molecule has 11 heteroatoms. The van der Waals surface area contributed by atoms with Crippen molar-refractivity contribution in [3.63, 3.8) is 0 Å². The predicted molar refractivity (Wildman–Crippen MR) is 43.7 cm³/mol. The van der Waals surface area contributed by atoms with Crippen LogP contribution in [0.4, 0.5) is 26.3 Å². The van der Waals surface area contributed by atoms with Crippen molar-refractivity contribution in [1.29, 1.82) is 0 Å². The summed E-state index contributed by atoms with van der Waals surface area (Å²) in [6, 6.07) is 0. The molecule has 0 atom stereocenters. The molecule has 0 aromatic heterocycles. The molecule has 0 heterocycles. The van der Waals surface area contributed by atoms with Crippen LogP contribution >= 0.6 is 0 Å². The number of ketones is 1. The van der Waals surface area contributed by atoms with Gasteiger partial charge in [0.05, 0.1) is 0 Å². The molecule has 0 amide bonds. The number of aliphatic carboxylic acids is 2. The van der Waals surface area contributed by atoms with E-state index >= 15 is 0 Å². The van der Waals surface area contributed by atoms with Crippen LogP contribution in [-0.4, -0.2) is 40.3 Å². The van der Waals surface area contributed by atoms with Crippen LogP contribution in [0.25, 0.3) is 0 Å². The van der Waals surface area contributed by atoms with E-state index in [0.717, 1.165) is 0 Å². The van der Waals surface area contributed by atoms with Crippen molar-refractivity contribution < 1.29 is 50.9 Å². The SMILES string of the molecule is CC(C)=O.O=C(O)C(F)(F)F.O=C(O)C(F)(F)F. The second-order valence-corrected chi connectivity index (χ2v) is 2.51. The van der Waals surface area contributed by atoms with Crippen molar-refractivity contribution >= 4 is 17.7 Å². The zero-order valence-corrected chi connectivity index (χ0v) is 8.89. The molecule has 0 spiro atoms. The number of halogens is 6. The number of carboxylic acids is 2. The number of carboxylic acid groups (broad SMARTS) is 2. The Hall–Kier alpha value is -1.81. The molecule has 0 aliphatic carbocycles. The van der Waals surface area contributed by atoms with E-state index in [1.165, 1.54) is 13.8 Å². The first-order valence-corrected chi connectivity index (χ1v) is 3.69. The van der Waals surface area contributed by atoms with E-state index < -0.39 is 24.3 Å². The lowest BCUT2D eigenvalue weighted by atomic mass is 10.6. The van der Waals surface area contributed by atoms with Gasteiger partial charge in [-0.05, 0) is 13.8 Å². The zero-order chi connectivity index (χ0) is 15.7. The first-order chi connectivity index (χ1) is 7.62. The van der Waals surface area contributed by atoms with Crippen molar-refractivity contribution in [3.05, 3.63) is 0 Å². The molecule has 0 saturated heterocycles. The highest BCUT2D eigenvalue weighted by molar-refractivity contribution is 5.73. The number of hydrogen-bond acceptors (Lipinski definition) is 3. The predicted octanol–water partition coefficient (Wildman–Crippen LogP) is 1.86. The van der Waals surface area contributed by atoms with Crippen LogP contribution in [0.15, 0.2) is 0 Å². The minimum absolute atomic E-state index is 0.167. The number of alkyl halides is 6. The number of carbonyl (C=O) groups is 3. The highest BCUT2D eigenvalue weighted by atomic mass is 19.4. The summed E-state index contributed by atoms with van der Waals surface area (Å²) in [6.45, 7) is 3.06. The minimum atomic E-state index is -5.08. The number of Topliss-reactive ketones (excluding diaryl/α,β-unsaturated/α-hetero) is 1. The maximum Gasteiger partial charge on any atom is 0.490 e. The zero-order valence-electron chi connectivity index (χ0n) is 8.89. The lowest BCUT2D eigenvalue weighted by Gasteiger charge is -1.93. The van der Waals surface area contributed by atoms with Gasteiger partial charge in [-0.3, -0.25) is 0 Å². The number of carbonyl (C=O) groups excluding carboxylic acids is 1. The summed E-state index contributed by atoms with van der Waals surface area (Å²) in [5.41, 5.74) is 0. The molecule has 0 bridgehead atoms. The second-order valence-electron chi connectivity index (χ2n) is 2.51. The molecule has 0 unspecified atom stereocenters. The van der Waals surface area contributed by atoms with Crippen molar-refractivity contribution in [2.75, 3.05) is 0 Å². The molecule has 108 valence electrons. The summed E-state index contributed by atoms with van der Waals surface area (Å²) < 4.78 is 63.5. The van der Waals surface area contributed by atoms with Crippen LogP contribution in [0.1, 0.15) is 13.8 Å². The Morgan fingerprint density at radius 1 is 0.722 bits per heavy atom. The summed E-state index contributed by atoms with van der Waals surface area (Å²) in [7, 11) is 0. The Morgan fingerprint density at radius 3 is 0.778 bits per heavy atom. The van der Waals surface area contributed by atoms with E-state index in [1.54, 1.807) is 0 Å². The van der Waals surface area contributed by atoms with Gasteiger partial charge in [0.2, 0.25) is 0 Å². The Labute approximate surface area is 96.0 Å². The van der Waals surface area contributed by atoms with Gasteiger partial charge in [-0.15, -0.1) is 0 Å². The highest BCUT2D eigenvalue weighted by Crippen LogP contribution is 2.13. The van der Waals surface area contributed by atoms with Crippen LogP contribution in [-0.2, 0) is 14.4 Å². The summed E-state index contributed by atoms with van der Waals surface area (Å²) in [5, 5.41) is 14.2.